The predicted octanol–water partition coefficient (Wildman–Crippen LogP) is 2.55. The Bertz CT molecular complexity index is 116. The number of thioether (sulfide) groups is 1. The molecule has 4 heteroatoms. The van der Waals surface area contributed by atoms with E-state index in [9.17, 15) is 0 Å². The number of rotatable bonds is 11. The van der Waals surface area contributed by atoms with Crippen molar-refractivity contribution in [3.63, 3.8) is 0 Å². The molecule has 0 unspecified atom stereocenters. The molecule has 0 saturated heterocycles. The topological polar surface area (TPSA) is 27.7 Å². The molecule has 0 aliphatic carbocycles. The van der Waals surface area contributed by atoms with Crippen LogP contribution >= 0.6 is 11.8 Å². The standard InChI is InChI=1S/C11H24O3S/c1-4-13-11(14-5-2)7-10-15-9-6-8-12-3/h11H,4-10H2,1-3H3. The van der Waals surface area contributed by atoms with E-state index in [-0.39, 0.29) is 6.29 Å². The van der Waals surface area contributed by atoms with Crippen LogP contribution in [0.15, 0.2) is 0 Å². The van der Waals surface area contributed by atoms with Crippen LogP contribution in [0.4, 0.5) is 0 Å². The zero-order valence-electron chi connectivity index (χ0n) is 10.2. The van der Waals surface area contributed by atoms with Gasteiger partial charge in [0.25, 0.3) is 0 Å². The lowest BCUT2D eigenvalue weighted by atomic mass is 10.5. The zero-order chi connectivity index (χ0) is 11.4. The molecular weight excluding hydrogens is 212 g/mol. The molecule has 0 N–H and O–H groups in total. The summed E-state index contributed by atoms with van der Waals surface area (Å²) in [6.07, 6.45) is 2.07. The van der Waals surface area contributed by atoms with Gasteiger partial charge in [-0.3, -0.25) is 0 Å². The summed E-state index contributed by atoms with van der Waals surface area (Å²) in [5, 5.41) is 0. The second kappa shape index (κ2) is 12.3. The summed E-state index contributed by atoms with van der Waals surface area (Å²) < 4.78 is 15.9. The lowest BCUT2D eigenvalue weighted by Crippen LogP contribution is -2.18. The molecule has 0 aliphatic rings. The predicted molar refractivity (Wildman–Crippen MR) is 65.5 cm³/mol. The van der Waals surface area contributed by atoms with Gasteiger partial charge in [0.2, 0.25) is 0 Å². The highest BCUT2D eigenvalue weighted by Gasteiger charge is 2.06. The van der Waals surface area contributed by atoms with Gasteiger partial charge in [0.15, 0.2) is 6.29 Å². The first-order chi connectivity index (χ1) is 7.35. The third-order valence-corrected chi connectivity index (χ3v) is 2.94. The number of hydrogen-bond donors (Lipinski definition) is 0. The molecule has 0 saturated carbocycles. The molecule has 0 heterocycles. The summed E-state index contributed by atoms with van der Waals surface area (Å²) in [5.41, 5.74) is 0. The van der Waals surface area contributed by atoms with Crippen molar-refractivity contribution < 1.29 is 14.2 Å². The monoisotopic (exact) mass is 236 g/mol. The van der Waals surface area contributed by atoms with Crippen LogP contribution in [0.25, 0.3) is 0 Å². The van der Waals surface area contributed by atoms with Gasteiger partial charge in [-0.05, 0) is 31.8 Å². The quantitative estimate of drug-likeness (QED) is 0.407. The number of methoxy groups -OCH3 is 1. The Morgan fingerprint density at radius 3 is 2.27 bits per heavy atom. The van der Waals surface area contributed by atoms with Crippen molar-refractivity contribution in [2.45, 2.75) is 33.0 Å². The highest BCUT2D eigenvalue weighted by atomic mass is 32.2. The fourth-order valence-corrected chi connectivity index (χ4v) is 2.06. The first-order valence-corrected chi connectivity index (χ1v) is 6.80. The van der Waals surface area contributed by atoms with E-state index < -0.39 is 0 Å². The van der Waals surface area contributed by atoms with Crippen LogP contribution in [0.5, 0.6) is 0 Å². The maximum atomic E-state index is 5.45. The first-order valence-electron chi connectivity index (χ1n) is 5.65. The minimum Gasteiger partial charge on any atom is -0.385 e. The molecule has 92 valence electrons. The van der Waals surface area contributed by atoms with Crippen LogP contribution in [0, 0.1) is 0 Å². The molecule has 0 bridgehead atoms. The fourth-order valence-electron chi connectivity index (χ4n) is 1.17. The molecule has 0 radical (unpaired) electrons. The fraction of sp³-hybridized carbons (Fsp3) is 1.00. The summed E-state index contributed by atoms with van der Waals surface area (Å²) in [5.74, 6) is 2.24. The van der Waals surface area contributed by atoms with Crippen molar-refractivity contribution in [2.75, 3.05) is 38.4 Å². The van der Waals surface area contributed by atoms with Gasteiger partial charge in [-0.1, -0.05) is 0 Å². The van der Waals surface area contributed by atoms with E-state index in [1.54, 1.807) is 7.11 Å². The second-order valence-electron chi connectivity index (χ2n) is 3.09. The second-order valence-corrected chi connectivity index (χ2v) is 4.31. The number of hydrogen-bond acceptors (Lipinski definition) is 4. The van der Waals surface area contributed by atoms with Crippen molar-refractivity contribution in [1.29, 1.82) is 0 Å². The third-order valence-electron chi connectivity index (χ3n) is 1.84. The molecular formula is C11H24O3S. The van der Waals surface area contributed by atoms with E-state index in [1.807, 2.05) is 25.6 Å². The molecule has 0 aromatic rings. The SMILES string of the molecule is CCOC(CCSCCCOC)OCC. The van der Waals surface area contributed by atoms with E-state index >= 15 is 0 Å². The van der Waals surface area contributed by atoms with Gasteiger partial charge in [-0.15, -0.1) is 0 Å². The van der Waals surface area contributed by atoms with Crippen molar-refractivity contribution in [3.8, 4) is 0 Å². The van der Waals surface area contributed by atoms with E-state index in [1.165, 1.54) is 0 Å². The van der Waals surface area contributed by atoms with Crippen LogP contribution in [0.2, 0.25) is 0 Å². The molecule has 0 aromatic carbocycles. The normalized spacial score (nSPS) is 11.2. The van der Waals surface area contributed by atoms with Crippen LogP contribution in [0.3, 0.4) is 0 Å². The number of ether oxygens (including phenoxy) is 3. The van der Waals surface area contributed by atoms with Gasteiger partial charge in [0.05, 0.1) is 0 Å². The molecule has 0 aromatic heterocycles. The van der Waals surface area contributed by atoms with Gasteiger partial charge in [-0.25, -0.2) is 0 Å². The smallest absolute Gasteiger partial charge is 0.158 e. The van der Waals surface area contributed by atoms with E-state index in [0.717, 1.165) is 44.2 Å². The van der Waals surface area contributed by atoms with Crippen LogP contribution in [-0.2, 0) is 14.2 Å². The largest absolute Gasteiger partial charge is 0.385 e. The lowest BCUT2D eigenvalue weighted by molar-refractivity contribution is -0.136. The summed E-state index contributed by atoms with van der Waals surface area (Å²) in [6.45, 7) is 6.29. The molecule has 0 atom stereocenters. The first kappa shape index (κ1) is 15.2. The van der Waals surface area contributed by atoms with Gasteiger partial charge in [0, 0.05) is 33.4 Å². The zero-order valence-corrected chi connectivity index (χ0v) is 11.0. The molecule has 0 aliphatic heterocycles. The van der Waals surface area contributed by atoms with Crippen molar-refractivity contribution in [1.82, 2.24) is 0 Å². The minimum atomic E-state index is -0.0186. The summed E-state index contributed by atoms with van der Waals surface area (Å²) >= 11 is 1.93. The van der Waals surface area contributed by atoms with E-state index in [0.29, 0.717) is 0 Å². The van der Waals surface area contributed by atoms with Crippen LogP contribution in [0.1, 0.15) is 26.7 Å². The Hall–Kier alpha value is 0.230. The van der Waals surface area contributed by atoms with Gasteiger partial charge >= 0.3 is 0 Å². The Morgan fingerprint density at radius 2 is 1.73 bits per heavy atom. The molecule has 0 spiro atoms. The van der Waals surface area contributed by atoms with Gasteiger partial charge < -0.3 is 14.2 Å². The molecule has 15 heavy (non-hydrogen) atoms. The van der Waals surface area contributed by atoms with E-state index in [2.05, 4.69) is 0 Å². The molecule has 0 rings (SSSR count). The maximum absolute atomic E-state index is 5.45. The molecule has 0 amide bonds. The average Bonchev–Trinajstić information content (AvgIpc) is 2.24. The van der Waals surface area contributed by atoms with Gasteiger partial charge in [0.1, 0.15) is 0 Å². The highest BCUT2D eigenvalue weighted by Crippen LogP contribution is 2.09. The Kier molecular flexibility index (Phi) is 12.5. The summed E-state index contributed by atoms with van der Waals surface area (Å²) in [6, 6.07) is 0. The summed E-state index contributed by atoms with van der Waals surface area (Å²) in [4.78, 5) is 0. The average molecular weight is 236 g/mol. The van der Waals surface area contributed by atoms with Gasteiger partial charge in [-0.2, -0.15) is 11.8 Å². The Morgan fingerprint density at radius 1 is 1.07 bits per heavy atom. The van der Waals surface area contributed by atoms with Crippen molar-refractivity contribution in [2.24, 2.45) is 0 Å². The molecule has 0 fully saturated rings. The minimum absolute atomic E-state index is 0.0186. The van der Waals surface area contributed by atoms with Crippen LogP contribution < -0.4 is 0 Å². The third kappa shape index (κ3) is 10.5. The van der Waals surface area contributed by atoms with Crippen molar-refractivity contribution in [3.05, 3.63) is 0 Å². The van der Waals surface area contributed by atoms with Crippen LogP contribution in [-0.4, -0.2) is 44.7 Å². The lowest BCUT2D eigenvalue weighted by Gasteiger charge is -2.16. The van der Waals surface area contributed by atoms with E-state index in [4.69, 9.17) is 14.2 Å². The Balaban J connectivity index is 3.28. The molecule has 3 nitrogen and oxygen atoms in total. The van der Waals surface area contributed by atoms with Crippen molar-refractivity contribution >= 4 is 11.8 Å². The summed E-state index contributed by atoms with van der Waals surface area (Å²) in [7, 11) is 1.74. The highest BCUT2D eigenvalue weighted by molar-refractivity contribution is 7.99. The maximum Gasteiger partial charge on any atom is 0.158 e. The Labute approximate surface area is 97.9 Å².